The molecule has 0 unspecified atom stereocenters. The Hall–Kier alpha value is -2.05. The highest BCUT2D eigenvalue weighted by atomic mass is 32.2. The molecule has 0 radical (unpaired) electrons. The molecular weight excluding hydrogens is 326 g/mol. The molecular formula is C18H21NO4S. The second-order valence-corrected chi connectivity index (χ2v) is 7.67. The number of aryl methyl sites for hydroxylation is 1. The highest BCUT2D eigenvalue weighted by Crippen LogP contribution is 2.30. The van der Waals surface area contributed by atoms with E-state index >= 15 is 0 Å². The third kappa shape index (κ3) is 4.49. The van der Waals surface area contributed by atoms with Crippen molar-refractivity contribution < 1.29 is 17.9 Å². The minimum absolute atomic E-state index is 0.00554. The zero-order valence-electron chi connectivity index (χ0n) is 13.6. The molecule has 5 nitrogen and oxygen atoms in total. The van der Waals surface area contributed by atoms with Crippen molar-refractivity contribution >= 4 is 10.0 Å². The first kappa shape index (κ1) is 16.8. The van der Waals surface area contributed by atoms with Gasteiger partial charge in [-0.05, 0) is 36.6 Å². The highest BCUT2D eigenvalue weighted by Gasteiger charge is 2.13. The lowest BCUT2D eigenvalue weighted by atomic mass is 10.1. The number of nitrogens with one attached hydrogen (secondary N) is 1. The molecule has 0 atom stereocenters. The summed E-state index contributed by atoms with van der Waals surface area (Å²) in [5, 5.41) is 0. The Labute approximate surface area is 142 Å². The molecule has 0 aromatic heterocycles. The average Bonchev–Trinajstić information content (AvgIpc) is 2.56. The molecule has 6 heteroatoms. The Balaban J connectivity index is 1.54. The first-order valence-electron chi connectivity index (χ1n) is 7.93. The summed E-state index contributed by atoms with van der Waals surface area (Å²) in [5.74, 6) is 1.46. The van der Waals surface area contributed by atoms with Gasteiger partial charge in [-0.25, -0.2) is 13.1 Å². The largest absolute Gasteiger partial charge is 0.486 e. The minimum Gasteiger partial charge on any atom is -0.486 e. The van der Waals surface area contributed by atoms with E-state index in [1.807, 2.05) is 49.4 Å². The Bertz CT molecular complexity index is 800. The average molecular weight is 347 g/mol. The van der Waals surface area contributed by atoms with Crippen LogP contribution in [0.25, 0.3) is 0 Å². The summed E-state index contributed by atoms with van der Waals surface area (Å²) in [4.78, 5) is 0. The van der Waals surface area contributed by atoms with Crippen LogP contribution in [0, 0.1) is 6.92 Å². The zero-order chi connectivity index (χ0) is 17.0. The molecule has 1 aliphatic heterocycles. The van der Waals surface area contributed by atoms with Gasteiger partial charge < -0.3 is 9.47 Å². The van der Waals surface area contributed by atoms with Crippen LogP contribution in [0.2, 0.25) is 0 Å². The molecule has 0 spiro atoms. The van der Waals surface area contributed by atoms with Crippen LogP contribution in [0.3, 0.4) is 0 Å². The van der Waals surface area contributed by atoms with Crippen LogP contribution < -0.4 is 14.2 Å². The van der Waals surface area contributed by atoms with Crippen molar-refractivity contribution in [2.45, 2.75) is 19.1 Å². The van der Waals surface area contributed by atoms with Gasteiger partial charge in [0.05, 0.1) is 5.75 Å². The summed E-state index contributed by atoms with van der Waals surface area (Å²) in [5.41, 5.74) is 2.91. The smallest absolute Gasteiger partial charge is 0.215 e. The van der Waals surface area contributed by atoms with Gasteiger partial charge in [-0.3, -0.25) is 0 Å². The molecule has 0 saturated carbocycles. The molecule has 0 aliphatic carbocycles. The van der Waals surface area contributed by atoms with E-state index in [1.54, 1.807) is 0 Å². The maximum Gasteiger partial charge on any atom is 0.215 e. The maximum absolute atomic E-state index is 12.2. The first-order valence-corrected chi connectivity index (χ1v) is 9.58. The van der Waals surface area contributed by atoms with Gasteiger partial charge in [0.1, 0.15) is 13.2 Å². The highest BCUT2D eigenvalue weighted by molar-refractivity contribution is 7.88. The number of ether oxygens (including phenoxy) is 2. The molecule has 0 fully saturated rings. The predicted octanol–water partition coefficient (Wildman–Crippen LogP) is 2.43. The van der Waals surface area contributed by atoms with Gasteiger partial charge >= 0.3 is 0 Å². The molecule has 128 valence electrons. The van der Waals surface area contributed by atoms with Gasteiger partial charge in [-0.15, -0.1) is 0 Å². The van der Waals surface area contributed by atoms with Crippen LogP contribution >= 0.6 is 0 Å². The molecule has 0 amide bonds. The number of hydrogen-bond donors (Lipinski definition) is 1. The summed E-state index contributed by atoms with van der Waals surface area (Å²) < 4.78 is 38.0. The van der Waals surface area contributed by atoms with E-state index in [0.717, 1.165) is 28.2 Å². The van der Waals surface area contributed by atoms with Crippen molar-refractivity contribution in [1.82, 2.24) is 4.72 Å². The van der Waals surface area contributed by atoms with Crippen molar-refractivity contribution in [2.75, 3.05) is 19.8 Å². The molecule has 0 bridgehead atoms. The van der Waals surface area contributed by atoms with Crippen molar-refractivity contribution in [3.05, 3.63) is 59.2 Å². The van der Waals surface area contributed by atoms with Gasteiger partial charge in [0, 0.05) is 6.54 Å². The number of benzene rings is 2. The van der Waals surface area contributed by atoms with Gasteiger partial charge in [-0.1, -0.05) is 35.9 Å². The summed E-state index contributed by atoms with van der Waals surface area (Å²) in [7, 11) is -3.34. The second-order valence-electron chi connectivity index (χ2n) is 5.87. The van der Waals surface area contributed by atoms with Gasteiger partial charge in [0.2, 0.25) is 10.0 Å². The quantitative estimate of drug-likeness (QED) is 0.872. The lowest BCUT2D eigenvalue weighted by Gasteiger charge is -2.18. The van der Waals surface area contributed by atoms with E-state index in [-0.39, 0.29) is 5.75 Å². The van der Waals surface area contributed by atoms with E-state index in [9.17, 15) is 8.42 Å². The summed E-state index contributed by atoms with van der Waals surface area (Å²) in [6.45, 7) is 3.43. The van der Waals surface area contributed by atoms with E-state index in [1.165, 1.54) is 0 Å². The molecule has 24 heavy (non-hydrogen) atoms. The summed E-state index contributed by atoms with van der Waals surface area (Å²) in [6.07, 6.45) is 0.601. The van der Waals surface area contributed by atoms with Crippen molar-refractivity contribution in [2.24, 2.45) is 0 Å². The predicted molar refractivity (Wildman–Crippen MR) is 92.9 cm³/mol. The lowest BCUT2D eigenvalue weighted by molar-refractivity contribution is 0.171. The fourth-order valence-corrected chi connectivity index (χ4v) is 3.70. The van der Waals surface area contributed by atoms with Crippen molar-refractivity contribution in [1.29, 1.82) is 0 Å². The third-order valence-corrected chi connectivity index (χ3v) is 5.18. The Morgan fingerprint density at radius 3 is 2.38 bits per heavy atom. The minimum atomic E-state index is -3.34. The van der Waals surface area contributed by atoms with E-state index < -0.39 is 10.0 Å². The van der Waals surface area contributed by atoms with Crippen LogP contribution in [0.1, 0.15) is 16.7 Å². The van der Waals surface area contributed by atoms with Crippen molar-refractivity contribution in [3.63, 3.8) is 0 Å². The zero-order valence-corrected chi connectivity index (χ0v) is 14.4. The fourth-order valence-electron chi connectivity index (χ4n) is 2.55. The molecule has 1 N–H and O–H groups in total. The van der Waals surface area contributed by atoms with Gasteiger partial charge in [-0.2, -0.15) is 0 Å². The Kier molecular flexibility index (Phi) is 5.06. The summed E-state index contributed by atoms with van der Waals surface area (Å²) >= 11 is 0. The standard InChI is InChI=1S/C18H21NO4S/c1-14-2-4-16(5-3-14)13-24(20,21)19-9-8-15-6-7-17-18(12-15)23-11-10-22-17/h2-7,12,19H,8-11,13H2,1H3. The monoisotopic (exact) mass is 347 g/mol. The van der Waals surface area contributed by atoms with Crippen LogP contribution in [0.4, 0.5) is 0 Å². The Morgan fingerprint density at radius 2 is 1.62 bits per heavy atom. The number of sulfonamides is 1. The molecule has 2 aromatic carbocycles. The molecule has 1 heterocycles. The number of rotatable bonds is 6. The van der Waals surface area contributed by atoms with Crippen LogP contribution in [-0.2, 0) is 22.2 Å². The normalized spacial score (nSPS) is 13.7. The first-order chi connectivity index (χ1) is 11.5. The van der Waals surface area contributed by atoms with E-state index in [4.69, 9.17) is 9.47 Å². The SMILES string of the molecule is Cc1ccc(CS(=O)(=O)NCCc2ccc3c(c2)OCCO3)cc1. The Morgan fingerprint density at radius 1 is 0.958 bits per heavy atom. The molecule has 2 aromatic rings. The maximum atomic E-state index is 12.2. The van der Waals surface area contributed by atoms with Crippen LogP contribution in [0.15, 0.2) is 42.5 Å². The fraction of sp³-hybridized carbons (Fsp3) is 0.333. The molecule has 1 aliphatic rings. The molecule has 3 rings (SSSR count). The lowest BCUT2D eigenvalue weighted by Crippen LogP contribution is -2.27. The second kappa shape index (κ2) is 7.23. The topological polar surface area (TPSA) is 64.6 Å². The number of hydrogen-bond acceptors (Lipinski definition) is 4. The van der Waals surface area contributed by atoms with E-state index in [2.05, 4.69) is 4.72 Å². The summed E-state index contributed by atoms with van der Waals surface area (Å²) in [6, 6.07) is 13.2. The van der Waals surface area contributed by atoms with Crippen molar-refractivity contribution in [3.8, 4) is 11.5 Å². The van der Waals surface area contributed by atoms with E-state index in [0.29, 0.717) is 26.2 Å². The van der Waals surface area contributed by atoms with Crippen LogP contribution in [0.5, 0.6) is 11.5 Å². The van der Waals surface area contributed by atoms with Gasteiger partial charge in [0.15, 0.2) is 11.5 Å². The van der Waals surface area contributed by atoms with Crippen LogP contribution in [-0.4, -0.2) is 28.2 Å². The van der Waals surface area contributed by atoms with Gasteiger partial charge in [0.25, 0.3) is 0 Å². The third-order valence-electron chi connectivity index (χ3n) is 3.82. The number of fused-ring (bicyclic) bond motifs is 1. The molecule has 0 saturated heterocycles.